The molecule has 1 atom stereocenters. The molecule has 2 fully saturated rings. The first kappa shape index (κ1) is 14.8. The molecule has 0 radical (unpaired) electrons. The lowest BCUT2D eigenvalue weighted by Crippen LogP contribution is -2.41. The Balaban J connectivity index is 1.82. The van der Waals surface area contributed by atoms with Crippen LogP contribution >= 0.6 is 0 Å². The molecule has 1 unspecified atom stereocenters. The Morgan fingerprint density at radius 3 is 2.53 bits per heavy atom. The van der Waals surface area contributed by atoms with Crippen molar-refractivity contribution in [3.05, 3.63) is 0 Å². The molecule has 1 saturated carbocycles. The molecule has 0 aromatic carbocycles. The fourth-order valence-electron chi connectivity index (χ4n) is 3.69. The van der Waals surface area contributed by atoms with E-state index >= 15 is 0 Å². The van der Waals surface area contributed by atoms with Crippen molar-refractivity contribution in [1.82, 2.24) is 10.2 Å². The van der Waals surface area contributed by atoms with E-state index in [0.29, 0.717) is 17.9 Å². The van der Waals surface area contributed by atoms with Crippen LogP contribution in [-0.2, 0) is 4.79 Å². The van der Waals surface area contributed by atoms with Gasteiger partial charge in [0.2, 0.25) is 5.91 Å². The number of hydrogen-bond acceptors (Lipinski definition) is 2. The molecule has 2 rings (SSSR count). The molecule has 19 heavy (non-hydrogen) atoms. The number of nitrogens with one attached hydrogen (secondary N) is 1. The fourth-order valence-corrected chi connectivity index (χ4v) is 3.69. The number of nitrogens with zero attached hydrogens (tertiary/aromatic N) is 1. The summed E-state index contributed by atoms with van der Waals surface area (Å²) in [4.78, 5) is 14.5. The van der Waals surface area contributed by atoms with Crippen LogP contribution in [0.4, 0.5) is 0 Å². The molecule has 1 N–H and O–H groups in total. The van der Waals surface area contributed by atoms with Crippen LogP contribution in [0.15, 0.2) is 0 Å². The highest BCUT2D eigenvalue weighted by Gasteiger charge is 2.36. The third kappa shape index (κ3) is 3.71. The zero-order valence-corrected chi connectivity index (χ0v) is 12.8. The fraction of sp³-hybridized carbons (Fsp3) is 0.938. The van der Waals surface area contributed by atoms with Crippen LogP contribution in [0, 0.1) is 11.8 Å². The summed E-state index contributed by atoms with van der Waals surface area (Å²) in [5.41, 5.74) is 0. The first-order valence-corrected chi connectivity index (χ1v) is 8.15. The molecule has 110 valence electrons. The summed E-state index contributed by atoms with van der Waals surface area (Å²) in [6, 6.07) is 0.582. The van der Waals surface area contributed by atoms with Gasteiger partial charge in [-0.05, 0) is 43.9 Å². The number of carbonyl (C=O) groups excluding carboxylic acids is 1. The van der Waals surface area contributed by atoms with Crippen molar-refractivity contribution in [2.45, 2.75) is 77.8 Å². The Morgan fingerprint density at radius 2 is 1.95 bits per heavy atom. The van der Waals surface area contributed by atoms with Crippen molar-refractivity contribution in [2.75, 3.05) is 6.67 Å². The highest BCUT2D eigenvalue weighted by atomic mass is 16.2. The monoisotopic (exact) mass is 266 g/mol. The van der Waals surface area contributed by atoms with Crippen molar-refractivity contribution < 1.29 is 4.79 Å². The smallest absolute Gasteiger partial charge is 0.241 e. The van der Waals surface area contributed by atoms with E-state index in [0.717, 1.165) is 19.0 Å². The van der Waals surface area contributed by atoms with Crippen LogP contribution in [0.25, 0.3) is 0 Å². The van der Waals surface area contributed by atoms with Gasteiger partial charge in [0.05, 0.1) is 12.7 Å². The normalized spacial score (nSPS) is 32.3. The molecule has 1 amide bonds. The third-order valence-electron chi connectivity index (χ3n) is 4.75. The molecule has 0 aromatic rings. The number of rotatable bonds is 5. The highest BCUT2D eigenvalue weighted by Crippen LogP contribution is 2.31. The maximum Gasteiger partial charge on any atom is 0.241 e. The highest BCUT2D eigenvalue weighted by molar-refractivity contribution is 5.84. The Labute approximate surface area is 118 Å². The lowest BCUT2D eigenvalue weighted by molar-refractivity contribution is -0.131. The first-order valence-electron chi connectivity index (χ1n) is 8.15. The van der Waals surface area contributed by atoms with Gasteiger partial charge in [-0.25, -0.2) is 0 Å². The van der Waals surface area contributed by atoms with Crippen molar-refractivity contribution in [2.24, 2.45) is 11.8 Å². The van der Waals surface area contributed by atoms with Crippen molar-refractivity contribution >= 4 is 5.91 Å². The minimum atomic E-state index is 0.0772. The number of carbonyl (C=O) groups is 1. The third-order valence-corrected chi connectivity index (χ3v) is 4.75. The minimum Gasteiger partial charge on any atom is -0.326 e. The zero-order valence-electron chi connectivity index (χ0n) is 12.8. The summed E-state index contributed by atoms with van der Waals surface area (Å²) in [6.45, 7) is 7.43. The molecular formula is C16H30N2O. The van der Waals surface area contributed by atoms with Gasteiger partial charge < -0.3 is 4.90 Å². The Hall–Kier alpha value is -0.570. The second-order valence-corrected chi connectivity index (χ2v) is 6.82. The maximum absolute atomic E-state index is 12.4. The van der Waals surface area contributed by atoms with E-state index in [1.807, 2.05) is 0 Å². The molecule has 1 aliphatic carbocycles. The van der Waals surface area contributed by atoms with Crippen molar-refractivity contribution in [3.63, 3.8) is 0 Å². The van der Waals surface area contributed by atoms with Crippen molar-refractivity contribution in [3.8, 4) is 0 Å². The standard InChI is InChI=1S/C16H30N2O/c1-4-5-13-6-8-14(9-7-13)18-11-17-15(16(18)19)10-12(2)3/h12-15,17H,4-11H2,1-3H3. The first-order chi connectivity index (χ1) is 9.11. The van der Waals surface area contributed by atoms with E-state index in [4.69, 9.17) is 0 Å². The van der Waals surface area contributed by atoms with E-state index in [9.17, 15) is 4.79 Å². The summed E-state index contributed by atoms with van der Waals surface area (Å²) >= 11 is 0. The van der Waals surface area contributed by atoms with Gasteiger partial charge in [-0.2, -0.15) is 0 Å². The van der Waals surface area contributed by atoms with Crippen LogP contribution in [0.1, 0.15) is 65.7 Å². The molecule has 3 nitrogen and oxygen atoms in total. The molecule has 1 aliphatic heterocycles. The quantitative estimate of drug-likeness (QED) is 0.829. The van der Waals surface area contributed by atoms with E-state index in [1.165, 1.54) is 38.5 Å². The topological polar surface area (TPSA) is 32.3 Å². The SMILES string of the molecule is CCCC1CCC(N2CNC(CC(C)C)C2=O)CC1. The summed E-state index contributed by atoms with van der Waals surface area (Å²) in [6.07, 6.45) is 8.71. The minimum absolute atomic E-state index is 0.0772. The number of amides is 1. The summed E-state index contributed by atoms with van der Waals surface area (Å²) < 4.78 is 0. The molecule has 3 heteroatoms. The lowest BCUT2D eigenvalue weighted by Gasteiger charge is -2.34. The van der Waals surface area contributed by atoms with Crippen LogP contribution in [0.5, 0.6) is 0 Å². The average molecular weight is 266 g/mol. The predicted molar refractivity (Wildman–Crippen MR) is 78.7 cm³/mol. The largest absolute Gasteiger partial charge is 0.326 e. The van der Waals surface area contributed by atoms with E-state index in [1.54, 1.807) is 0 Å². The Kier molecular flexibility index (Phi) is 5.26. The van der Waals surface area contributed by atoms with E-state index in [2.05, 4.69) is 31.0 Å². The zero-order chi connectivity index (χ0) is 13.8. The van der Waals surface area contributed by atoms with Crippen LogP contribution < -0.4 is 5.32 Å². The predicted octanol–water partition coefficient (Wildman–Crippen LogP) is 3.15. The van der Waals surface area contributed by atoms with Gasteiger partial charge in [0.1, 0.15) is 0 Å². The molecule has 2 aliphatic rings. The van der Waals surface area contributed by atoms with Gasteiger partial charge in [0.25, 0.3) is 0 Å². The van der Waals surface area contributed by atoms with Crippen LogP contribution in [0.3, 0.4) is 0 Å². The summed E-state index contributed by atoms with van der Waals surface area (Å²) in [5, 5.41) is 3.40. The molecule has 1 heterocycles. The molecule has 0 spiro atoms. The van der Waals surface area contributed by atoms with Gasteiger partial charge in [-0.3, -0.25) is 10.1 Å². The second-order valence-electron chi connectivity index (χ2n) is 6.82. The average Bonchev–Trinajstić information content (AvgIpc) is 2.72. The maximum atomic E-state index is 12.4. The molecular weight excluding hydrogens is 236 g/mol. The van der Waals surface area contributed by atoms with Gasteiger partial charge in [-0.1, -0.05) is 33.6 Å². The second kappa shape index (κ2) is 6.74. The van der Waals surface area contributed by atoms with Gasteiger partial charge in [-0.15, -0.1) is 0 Å². The van der Waals surface area contributed by atoms with Crippen LogP contribution in [0.2, 0.25) is 0 Å². The summed E-state index contributed by atoms with van der Waals surface area (Å²) in [7, 11) is 0. The number of hydrogen-bond donors (Lipinski definition) is 1. The van der Waals surface area contributed by atoms with E-state index in [-0.39, 0.29) is 6.04 Å². The Bertz CT molecular complexity index is 295. The Morgan fingerprint density at radius 1 is 1.26 bits per heavy atom. The summed E-state index contributed by atoms with van der Waals surface area (Å²) in [5.74, 6) is 1.85. The lowest BCUT2D eigenvalue weighted by atomic mass is 9.83. The van der Waals surface area contributed by atoms with Gasteiger partial charge in [0.15, 0.2) is 0 Å². The molecule has 0 aromatic heterocycles. The van der Waals surface area contributed by atoms with Gasteiger partial charge >= 0.3 is 0 Å². The van der Waals surface area contributed by atoms with E-state index < -0.39 is 0 Å². The van der Waals surface area contributed by atoms with Crippen LogP contribution in [-0.4, -0.2) is 29.6 Å². The van der Waals surface area contributed by atoms with Crippen molar-refractivity contribution in [1.29, 1.82) is 0 Å². The van der Waals surface area contributed by atoms with Gasteiger partial charge in [0, 0.05) is 6.04 Å². The molecule has 0 bridgehead atoms. The molecule has 1 saturated heterocycles.